The summed E-state index contributed by atoms with van der Waals surface area (Å²) < 4.78 is 44.0. The minimum absolute atomic E-state index is 0.0586. The summed E-state index contributed by atoms with van der Waals surface area (Å²) in [5.74, 6) is 0.161. The molecule has 3 aromatic heterocycles. The number of aromatic amines is 1. The van der Waals surface area contributed by atoms with Gasteiger partial charge in [0, 0.05) is 17.8 Å². The Kier molecular flexibility index (Phi) is 3.99. The van der Waals surface area contributed by atoms with Gasteiger partial charge in [-0.05, 0) is 13.8 Å². The maximum absolute atomic E-state index is 12.6. The largest absolute Gasteiger partial charge is 0.478 e. The normalized spacial score (nSPS) is 12.1. The molecule has 11 heteroatoms. The van der Waals surface area contributed by atoms with E-state index in [2.05, 4.69) is 30.6 Å². The van der Waals surface area contributed by atoms with Crippen LogP contribution in [0.25, 0.3) is 16.9 Å². The lowest BCUT2D eigenvalue weighted by Crippen LogP contribution is -2.20. The third kappa shape index (κ3) is 3.39. The van der Waals surface area contributed by atoms with Crippen LogP contribution in [0.1, 0.15) is 13.8 Å². The van der Waals surface area contributed by atoms with Gasteiger partial charge in [0.15, 0.2) is 12.4 Å². The Labute approximate surface area is 134 Å². The standard InChI is InChI=1S/C13H14F3N7O/c1-7(2)20-12-21-11-10(24-5-13(14,15)16)9(8-3-18-19-4-8)17-6-23(11)22-12/h3-4,6-7H,5H2,1-2H3,(H,18,19)(H,20,22). The van der Waals surface area contributed by atoms with E-state index >= 15 is 0 Å². The second-order valence-corrected chi connectivity index (χ2v) is 5.32. The zero-order valence-electron chi connectivity index (χ0n) is 12.8. The molecule has 0 unspecified atom stereocenters. The van der Waals surface area contributed by atoms with Gasteiger partial charge in [0.05, 0.1) is 6.20 Å². The second-order valence-electron chi connectivity index (χ2n) is 5.32. The van der Waals surface area contributed by atoms with Crippen LogP contribution in [0.4, 0.5) is 19.1 Å². The molecule has 3 rings (SSSR count). The van der Waals surface area contributed by atoms with Gasteiger partial charge in [-0.2, -0.15) is 27.8 Å². The number of nitrogens with one attached hydrogen (secondary N) is 2. The van der Waals surface area contributed by atoms with Crippen LogP contribution in [0.3, 0.4) is 0 Å². The SMILES string of the molecule is CC(C)Nc1nc2c(OCC(F)(F)F)c(-c3cn[nH]c3)ncn2n1. The van der Waals surface area contributed by atoms with Crippen molar-refractivity contribution in [3.63, 3.8) is 0 Å². The van der Waals surface area contributed by atoms with E-state index in [1.165, 1.54) is 23.2 Å². The van der Waals surface area contributed by atoms with Crippen LogP contribution < -0.4 is 10.1 Å². The zero-order valence-corrected chi connectivity index (χ0v) is 12.8. The molecule has 0 aliphatic rings. The van der Waals surface area contributed by atoms with Crippen molar-refractivity contribution in [2.24, 2.45) is 0 Å². The van der Waals surface area contributed by atoms with Gasteiger partial charge in [-0.3, -0.25) is 5.10 Å². The number of anilines is 1. The van der Waals surface area contributed by atoms with Gasteiger partial charge in [0.1, 0.15) is 12.0 Å². The van der Waals surface area contributed by atoms with E-state index in [1.54, 1.807) is 0 Å². The van der Waals surface area contributed by atoms with Crippen molar-refractivity contribution in [1.82, 2.24) is 29.8 Å². The molecule has 0 aliphatic carbocycles. The molecule has 0 amide bonds. The summed E-state index contributed by atoms with van der Waals surface area (Å²) in [7, 11) is 0. The number of hydrogen-bond acceptors (Lipinski definition) is 6. The van der Waals surface area contributed by atoms with Gasteiger partial charge in [-0.15, -0.1) is 5.10 Å². The first-order chi connectivity index (χ1) is 11.3. The molecule has 0 bridgehead atoms. The van der Waals surface area contributed by atoms with Crippen LogP contribution in [0.15, 0.2) is 18.7 Å². The molecule has 3 heterocycles. The summed E-state index contributed by atoms with van der Waals surface area (Å²) in [6.45, 7) is 2.32. The summed E-state index contributed by atoms with van der Waals surface area (Å²) in [5.41, 5.74) is 0.814. The van der Waals surface area contributed by atoms with E-state index in [4.69, 9.17) is 4.74 Å². The van der Waals surface area contributed by atoms with Crippen LogP contribution in [-0.4, -0.2) is 48.6 Å². The van der Waals surface area contributed by atoms with Gasteiger partial charge >= 0.3 is 6.18 Å². The fourth-order valence-electron chi connectivity index (χ4n) is 2.03. The molecule has 0 atom stereocenters. The van der Waals surface area contributed by atoms with Crippen molar-refractivity contribution in [1.29, 1.82) is 0 Å². The van der Waals surface area contributed by atoms with Crippen molar-refractivity contribution in [2.75, 3.05) is 11.9 Å². The number of alkyl halides is 3. The first-order valence-electron chi connectivity index (χ1n) is 7.04. The number of rotatable bonds is 5. The lowest BCUT2D eigenvalue weighted by molar-refractivity contribution is -0.153. The molecule has 0 radical (unpaired) electrons. The van der Waals surface area contributed by atoms with Crippen molar-refractivity contribution in [3.05, 3.63) is 18.7 Å². The fourth-order valence-corrected chi connectivity index (χ4v) is 2.03. The number of hydrogen-bond donors (Lipinski definition) is 2. The molecule has 2 N–H and O–H groups in total. The number of ether oxygens (including phenoxy) is 1. The average molecular weight is 341 g/mol. The van der Waals surface area contributed by atoms with Crippen LogP contribution in [0.5, 0.6) is 5.75 Å². The molecule has 0 fully saturated rings. The maximum Gasteiger partial charge on any atom is 0.422 e. The minimum atomic E-state index is -4.49. The monoisotopic (exact) mass is 341 g/mol. The second kappa shape index (κ2) is 5.98. The third-order valence-corrected chi connectivity index (χ3v) is 2.92. The van der Waals surface area contributed by atoms with E-state index in [0.29, 0.717) is 5.56 Å². The van der Waals surface area contributed by atoms with Gasteiger partial charge in [-0.25, -0.2) is 4.98 Å². The molecule has 0 saturated carbocycles. The summed E-state index contributed by atoms with van der Waals surface area (Å²) >= 11 is 0. The number of nitrogens with zero attached hydrogens (tertiary/aromatic N) is 5. The topological polar surface area (TPSA) is 93.0 Å². The third-order valence-electron chi connectivity index (χ3n) is 2.92. The fraction of sp³-hybridized carbons (Fsp3) is 0.385. The number of aromatic nitrogens is 6. The van der Waals surface area contributed by atoms with Crippen molar-refractivity contribution in [3.8, 4) is 17.0 Å². The number of fused-ring (bicyclic) bond motifs is 1. The minimum Gasteiger partial charge on any atom is -0.478 e. The molecule has 0 saturated heterocycles. The molecular formula is C13H14F3N7O. The van der Waals surface area contributed by atoms with E-state index in [1.807, 2.05) is 13.8 Å². The molecule has 24 heavy (non-hydrogen) atoms. The van der Waals surface area contributed by atoms with Gasteiger partial charge in [-0.1, -0.05) is 0 Å². The molecule has 0 spiro atoms. The Hall–Kier alpha value is -2.85. The Bertz CT molecular complexity index is 826. The highest BCUT2D eigenvalue weighted by Gasteiger charge is 2.30. The van der Waals surface area contributed by atoms with Crippen molar-refractivity contribution < 1.29 is 17.9 Å². The zero-order chi connectivity index (χ0) is 17.3. The van der Waals surface area contributed by atoms with E-state index in [-0.39, 0.29) is 29.1 Å². The van der Waals surface area contributed by atoms with Crippen LogP contribution in [-0.2, 0) is 0 Å². The van der Waals surface area contributed by atoms with E-state index in [9.17, 15) is 13.2 Å². The van der Waals surface area contributed by atoms with E-state index in [0.717, 1.165) is 0 Å². The van der Waals surface area contributed by atoms with E-state index < -0.39 is 12.8 Å². The highest BCUT2D eigenvalue weighted by atomic mass is 19.4. The maximum atomic E-state index is 12.6. The van der Waals surface area contributed by atoms with Gasteiger partial charge in [0.2, 0.25) is 11.6 Å². The van der Waals surface area contributed by atoms with Gasteiger partial charge < -0.3 is 10.1 Å². The molecule has 128 valence electrons. The summed E-state index contributed by atoms with van der Waals surface area (Å²) in [6.07, 6.45) is -0.192. The average Bonchev–Trinajstić information content (AvgIpc) is 3.11. The van der Waals surface area contributed by atoms with Crippen LogP contribution >= 0.6 is 0 Å². The Balaban J connectivity index is 2.09. The van der Waals surface area contributed by atoms with Crippen LogP contribution in [0.2, 0.25) is 0 Å². The highest BCUT2D eigenvalue weighted by Crippen LogP contribution is 2.32. The molecule has 3 aromatic rings. The molecular weight excluding hydrogens is 327 g/mol. The quantitative estimate of drug-likeness (QED) is 0.739. The van der Waals surface area contributed by atoms with Crippen LogP contribution in [0, 0.1) is 0 Å². The summed E-state index contributed by atoms with van der Waals surface area (Å²) in [4.78, 5) is 8.32. The highest BCUT2D eigenvalue weighted by molar-refractivity contribution is 5.73. The number of halogens is 3. The number of H-pyrrole nitrogens is 1. The molecule has 0 aliphatic heterocycles. The Morgan fingerprint density at radius 1 is 1.38 bits per heavy atom. The first kappa shape index (κ1) is 16.0. The lowest BCUT2D eigenvalue weighted by atomic mass is 10.2. The smallest absolute Gasteiger partial charge is 0.422 e. The van der Waals surface area contributed by atoms with Gasteiger partial charge in [0.25, 0.3) is 0 Å². The summed E-state index contributed by atoms with van der Waals surface area (Å²) in [5, 5.41) is 13.5. The van der Waals surface area contributed by atoms with Crippen molar-refractivity contribution >= 4 is 11.6 Å². The summed E-state index contributed by atoms with van der Waals surface area (Å²) in [6, 6.07) is 0.0586. The molecule has 0 aromatic carbocycles. The Morgan fingerprint density at radius 3 is 2.79 bits per heavy atom. The Morgan fingerprint density at radius 2 is 2.17 bits per heavy atom. The molecule has 8 nitrogen and oxygen atoms in total. The lowest BCUT2D eigenvalue weighted by Gasteiger charge is -2.12. The predicted molar refractivity (Wildman–Crippen MR) is 78.7 cm³/mol. The van der Waals surface area contributed by atoms with Crippen molar-refractivity contribution in [2.45, 2.75) is 26.1 Å². The predicted octanol–water partition coefficient (Wildman–Crippen LogP) is 2.28. The first-order valence-corrected chi connectivity index (χ1v) is 7.04.